The molecule has 3 heterocycles. The van der Waals surface area contributed by atoms with Crippen molar-refractivity contribution >= 4 is 29.0 Å². The third-order valence-electron chi connectivity index (χ3n) is 4.37. The van der Waals surface area contributed by atoms with Crippen LogP contribution in [-0.4, -0.2) is 35.2 Å². The molecule has 2 N–H and O–H groups in total. The number of nitrogens with zero attached hydrogens (tertiary/aromatic N) is 1. The molecule has 0 radical (unpaired) electrons. The molecule has 0 aromatic carbocycles. The maximum absolute atomic E-state index is 12.9. The lowest BCUT2D eigenvalue weighted by Gasteiger charge is -2.40. The van der Waals surface area contributed by atoms with Gasteiger partial charge in [-0.3, -0.25) is 4.79 Å². The summed E-state index contributed by atoms with van der Waals surface area (Å²) in [4.78, 5) is 17.3. The first-order valence-electron chi connectivity index (χ1n) is 7.42. The molecule has 1 saturated heterocycles. The van der Waals surface area contributed by atoms with E-state index in [1.54, 1.807) is 11.3 Å². The fourth-order valence-electron chi connectivity index (χ4n) is 3.26. The average Bonchev–Trinajstić information content (AvgIpc) is 2.90. The number of aryl methyl sites for hydroxylation is 1. The highest BCUT2D eigenvalue weighted by molar-refractivity contribution is 7.98. The molecule has 3 nitrogen and oxygen atoms in total. The number of nitrogens with two attached hydrogens (primary N) is 1. The number of thioether (sulfide) groups is 1. The molecule has 0 bridgehead atoms. The van der Waals surface area contributed by atoms with Crippen LogP contribution in [0.3, 0.4) is 0 Å². The summed E-state index contributed by atoms with van der Waals surface area (Å²) in [7, 11) is 0. The maximum Gasteiger partial charge on any atom is 0.264 e. The van der Waals surface area contributed by atoms with E-state index in [9.17, 15) is 4.79 Å². The standard InChI is InChI=1S/C15H22N2OS2/c1-10-3-2-4-12(8-16)17(10)15(18)14-7-11-9-19-6-5-13(11)20-14/h7,10,12H,2-6,8-9,16H2,1H3. The number of amides is 1. The molecular formula is C15H22N2OS2. The summed E-state index contributed by atoms with van der Waals surface area (Å²) in [6.07, 6.45) is 4.45. The molecule has 2 atom stereocenters. The molecule has 3 rings (SSSR count). The van der Waals surface area contributed by atoms with Gasteiger partial charge in [-0.25, -0.2) is 0 Å². The first kappa shape index (κ1) is 14.4. The van der Waals surface area contributed by atoms with Crippen LogP contribution in [0.4, 0.5) is 0 Å². The smallest absolute Gasteiger partial charge is 0.264 e. The Morgan fingerprint density at radius 2 is 2.35 bits per heavy atom. The Bertz CT molecular complexity index is 477. The first-order chi connectivity index (χ1) is 9.70. The Morgan fingerprint density at radius 1 is 1.50 bits per heavy atom. The number of carbonyl (C=O) groups is 1. The Kier molecular flexibility index (Phi) is 4.38. The van der Waals surface area contributed by atoms with Gasteiger partial charge in [0.05, 0.1) is 4.88 Å². The van der Waals surface area contributed by atoms with Gasteiger partial charge in [0, 0.05) is 29.3 Å². The number of carbonyl (C=O) groups excluding carboxylic acids is 1. The summed E-state index contributed by atoms with van der Waals surface area (Å²) in [6, 6.07) is 2.67. The number of hydrogen-bond acceptors (Lipinski definition) is 4. The molecule has 1 fully saturated rings. The highest BCUT2D eigenvalue weighted by atomic mass is 32.2. The van der Waals surface area contributed by atoms with Crippen LogP contribution in [0, 0.1) is 0 Å². The predicted octanol–water partition coefficient (Wildman–Crippen LogP) is 2.88. The van der Waals surface area contributed by atoms with Crippen LogP contribution in [0.2, 0.25) is 0 Å². The van der Waals surface area contributed by atoms with Crippen molar-refractivity contribution in [1.29, 1.82) is 0 Å². The second kappa shape index (κ2) is 6.08. The van der Waals surface area contributed by atoms with Crippen molar-refractivity contribution < 1.29 is 4.79 Å². The number of rotatable bonds is 2. The summed E-state index contributed by atoms with van der Waals surface area (Å²) in [5, 5.41) is 0. The van der Waals surface area contributed by atoms with Crippen LogP contribution >= 0.6 is 23.1 Å². The number of likely N-dealkylation sites (tertiary alicyclic amines) is 1. The van der Waals surface area contributed by atoms with Gasteiger partial charge in [-0.15, -0.1) is 11.3 Å². The molecule has 0 spiro atoms. The van der Waals surface area contributed by atoms with Gasteiger partial charge in [-0.2, -0.15) is 11.8 Å². The third-order valence-corrected chi connectivity index (χ3v) is 6.61. The highest BCUT2D eigenvalue weighted by Crippen LogP contribution is 2.34. The summed E-state index contributed by atoms with van der Waals surface area (Å²) in [5.41, 5.74) is 7.25. The fourth-order valence-corrected chi connectivity index (χ4v) is 5.58. The van der Waals surface area contributed by atoms with Crippen molar-refractivity contribution in [3.63, 3.8) is 0 Å². The third kappa shape index (κ3) is 2.63. The minimum absolute atomic E-state index is 0.206. The van der Waals surface area contributed by atoms with Gasteiger partial charge in [0.2, 0.25) is 0 Å². The zero-order valence-corrected chi connectivity index (χ0v) is 13.6. The topological polar surface area (TPSA) is 46.3 Å². The van der Waals surface area contributed by atoms with Gasteiger partial charge >= 0.3 is 0 Å². The van der Waals surface area contributed by atoms with E-state index in [0.717, 1.165) is 29.9 Å². The predicted molar refractivity (Wildman–Crippen MR) is 86.5 cm³/mol. The summed E-state index contributed by atoms with van der Waals surface area (Å²) < 4.78 is 0. The summed E-state index contributed by atoms with van der Waals surface area (Å²) in [5.74, 6) is 2.46. The van der Waals surface area contributed by atoms with Crippen molar-refractivity contribution in [2.45, 2.75) is 50.4 Å². The molecule has 110 valence electrons. The molecular weight excluding hydrogens is 288 g/mol. The molecule has 5 heteroatoms. The lowest BCUT2D eigenvalue weighted by atomic mass is 9.96. The van der Waals surface area contributed by atoms with E-state index in [0.29, 0.717) is 12.6 Å². The summed E-state index contributed by atoms with van der Waals surface area (Å²) in [6.45, 7) is 2.74. The fraction of sp³-hybridized carbons (Fsp3) is 0.667. The Hall–Kier alpha value is -0.520. The quantitative estimate of drug-likeness (QED) is 0.913. The van der Waals surface area contributed by atoms with Crippen molar-refractivity contribution in [1.82, 2.24) is 4.90 Å². The van der Waals surface area contributed by atoms with E-state index in [4.69, 9.17) is 5.73 Å². The van der Waals surface area contributed by atoms with E-state index < -0.39 is 0 Å². The monoisotopic (exact) mass is 310 g/mol. The van der Waals surface area contributed by atoms with Gasteiger partial charge in [0.1, 0.15) is 0 Å². The van der Waals surface area contributed by atoms with E-state index in [1.807, 2.05) is 16.7 Å². The van der Waals surface area contributed by atoms with Crippen molar-refractivity contribution in [3.8, 4) is 0 Å². The van der Waals surface area contributed by atoms with Crippen molar-refractivity contribution in [2.75, 3.05) is 12.3 Å². The molecule has 2 aliphatic heterocycles. The molecule has 0 aliphatic carbocycles. The van der Waals surface area contributed by atoms with Gasteiger partial charge in [0.25, 0.3) is 5.91 Å². The van der Waals surface area contributed by atoms with Crippen LogP contribution in [0.1, 0.15) is 46.3 Å². The van der Waals surface area contributed by atoms with Gasteiger partial charge in [-0.1, -0.05) is 0 Å². The van der Waals surface area contributed by atoms with Crippen molar-refractivity contribution in [3.05, 3.63) is 21.4 Å². The minimum atomic E-state index is 0.206. The minimum Gasteiger partial charge on any atom is -0.331 e. The Labute approximate surface area is 128 Å². The molecule has 1 aromatic heterocycles. The van der Waals surface area contributed by atoms with Gasteiger partial charge in [0.15, 0.2) is 0 Å². The highest BCUT2D eigenvalue weighted by Gasteiger charge is 2.32. The number of thiophene rings is 1. The van der Waals surface area contributed by atoms with E-state index >= 15 is 0 Å². The SMILES string of the molecule is CC1CCCC(CN)N1C(=O)c1cc2c(s1)CCSC2. The van der Waals surface area contributed by atoms with E-state index in [2.05, 4.69) is 13.0 Å². The average molecular weight is 310 g/mol. The molecule has 20 heavy (non-hydrogen) atoms. The van der Waals surface area contributed by atoms with Gasteiger partial charge in [-0.05, 0) is 50.0 Å². The largest absolute Gasteiger partial charge is 0.331 e. The molecule has 2 aliphatic rings. The maximum atomic E-state index is 12.9. The second-order valence-corrected chi connectivity index (χ2v) is 7.99. The molecule has 1 aromatic rings. The lowest BCUT2D eigenvalue weighted by Crippen LogP contribution is -2.51. The summed E-state index contributed by atoms with van der Waals surface area (Å²) >= 11 is 3.67. The normalized spacial score (nSPS) is 26.4. The Morgan fingerprint density at radius 3 is 3.10 bits per heavy atom. The Balaban J connectivity index is 1.84. The van der Waals surface area contributed by atoms with Crippen LogP contribution in [0.15, 0.2) is 6.07 Å². The lowest BCUT2D eigenvalue weighted by molar-refractivity contribution is 0.0499. The van der Waals surface area contributed by atoms with E-state index in [-0.39, 0.29) is 11.9 Å². The number of piperidine rings is 1. The van der Waals surface area contributed by atoms with Crippen LogP contribution in [0.25, 0.3) is 0 Å². The second-order valence-electron chi connectivity index (χ2n) is 5.74. The molecule has 1 amide bonds. The number of hydrogen-bond donors (Lipinski definition) is 1. The zero-order chi connectivity index (χ0) is 14.1. The van der Waals surface area contributed by atoms with Crippen molar-refractivity contribution in [2.24, 2.45) is 5.73 Å². The van der Waals surface area contributed by atoms with Gasteiger partial charge < -0.3 is 10.6 Å². The molecule has 0 saturated carbocycles. The first-order valence-corrected chi connectivity index (χ1v) is 9.40. The zero-order valence-electron chi connectivity index (χ0n) is 11.9. The number of fused-ring (bicyclic) bond motifs is 1. The van der Waals surface area contributed by atoms with E-state index in [1.165, 1.54) is 22.6 Å². The van der Waals surface area contributed by atoms with Crippen LogP contribution < -0.4 is 5.73 Å². The van der Waals surface area contributed by atoms with Crippen LogP contribution in [0.5, 0.6) is 0 Å². The van der Waals surface area contributed by atoms with Crippen LogP contribution in [-0.2, 0) is 12.2 Å². The molecule has 2 unspecified atom stereocenters.